The lowest BCUT2D eigenvalue weighted by molar-refractivity contribution is 0.0696. The molecule has 1 saturated heterocycles. The predicted octanol–water partition coefficient (Wildman–Crippen LogP) is 8.18. The summed E-state index contributed by atoms with van der Waals surface area (Å²) in [6, 6.07) is 18.9. The third-order valence-corrected chi connectivity index (χ3v) is 8.07. The minimum absolute atomic E-state index is 0. The lowest BCUT2D eigenvalue weighted by Crippen LogP contribution is -2.47. The Morgan fingerprint density at radius 2 is 1.77 bits per heavy atom. The molecule has 212 valence electrons. The summed E-state index contributed by atoms with van der Waals surface area (Å²) in [7, 11) is 0. The van der Waals surface area contributed by atoms with Crippen LogP contribution in [0.1, 0.15) is 75.0 Å². The fourth-order valence-corrected chi connectivity index (χ4v) is 6.17. The Kier molecular flexibility index (Phi) is 9.75. The van der Waals surface area contributed by atoms with E-state index in [1.165, 1.54) is 5.56 Å². The number of carbonyl (C=O) groups is 1. The molecule has 0 bridgehead atoms. The second-order valence-electron chi connectivity index (χ2n) is 10.8. The average molecular weight is 570 g/mol. The first-order valence-electron chi connectivity index (χ1n) is 13.7. The molecule has 0 amide bonds. The van der Waals surface area contributed by atoms with Gasteiger partial charge in [0.2, 0.25) is 0 Å². The van der Waals surface area contributed by atoms with Crippen LogP contribution in [0.25, 0.3) is 11.1 Å². The van der Waals surface area contributed by atoms with Gasteiger partial charge in [-0.2, -0.15) is 0 Å². The molecular formula is C33H35ClF3NO2. The minimum atomic E-state index is -2.60. The number of fused-ring (bicyclic) bond motifs is 1. The fourth-order valence-electron chi connectivity index (χ4n) is 6.17. The number of hydrogen-bond acceptors (Lipinski definition) is 2. The van der Waals surface area contributed by atoms with Gasteiger partial charge in [0.25, 0.3) is 6.43 Å². The van der Waals surface area contributed by atoms with E-state index in [9.17, 15) is 23.1 Å². The normalized spacial score (nSPS) is 15.8. The molecule has 3 aromatic carbocycles. The Morgan fingerprint density at radius 1 is 1.02 bits per heavy atom. The molecule has 7 heteroatoms. The van der Waals surface area contributed by atoms with E-state index in [-0.39, 0.29) is 30.2 Å². The van der Waals surface area contributed by atoms with Crippen LogP contribution in [0.5, 0.6) is 0 Å². The van der Waals surface area contributed by atoms with Crippen molar-refractivity contribution in [2.75, 3.05) is 26.3 Å². The molecule has 3 nitrogen and oxygen atoms in total. The first-order valence-corrected chi connectivity index (χ1v) is 13.7. The third-order valence-electron chi connectivity index (χ3n) is 8.07. The molecule has 0 atom stereocenters. The second kappa shape index (κ2) is 13.0. The van der Waals surface area contributed by atoms with Crippen LogP contribution in [-0.4, -0.2) is 42.3 Å². The van der Waals surface area contributed by atoms with Gasteiger partial charge in [-0.3, -0.25) is 4.39 Å². The molecule has 0 spiro atoms. The van der Waals surface area contributed by atoms with E-state index < -0.39 is 12.4 Å². The van der Waals surface area contributed by atoms with Crippen molar-refractivity contribution < 1.29 is 23.1 Å². The summed E-state index contributed by atoms with van der Waals surface area (Å²) in [6.45, 7) is 4.23. The van der Waals surface area contributed by atoms with Gasteiger partial charge in [-0.1, -0.05) is 48.5 Å². The highest BCUT2D eigenvalue weighted by Gasteiger charge is 2.27. The van der Waals surface area contributed by atoms with Crippen molar-refractivity contribution in [2.45, 2.75) is 45.5 Å². The van der Waals surface area contributed by atoms with E-state index in [4.69, 9.17) is 0 Å². The number of hydrogen-bond donors (Lipinski definition) is 1. The maximum atomic E-state index is 14.3. The molecule has 1 heterocycles. The zero-order chi connectivity index (χ0) is 27.5. The van der Waals surface area contributed by atoms with E-state index in [0.717, 1.165) is 60.3 Å². The van der Waals surface area contributed by atoms with Gasteiger partial charge in [0.05, 0.1) is 12.2 Å². The number of alkyl halides is 3. The standard InChI is InChI=1S/C33H34F3NO2.ClH/c1-21-5-2-7-28(30(21)32(35)36)29-8-3-6-25-18-26(33(38)39)13-14-27(25)31(29)24-11-9-22(10-12-24)17-23-19-37(20-23)16-4-15-34;/h2,5,7,9-14,18,23,32H,3-4,6,8,15-17,19-20H2,1H3,(H,38,39);1H. The maximum absolute atomic E-state index is 14.3. The number of rotatable bonds is 9. The van der Waals surface area contributed by atoms with Crippen LogP contribution in [0.2, 0.25) is 0 Å². The summed E-state index contributed by atoms with van der Waals surface area (Å²) < 4.78 is 41.1. The summed E-state index contributed by atoms with van der Waals surface area (Å²) in [6.07, 6.45) is 0.977. The van der Waals surface area contributed by atoms with Crippen molar-refractivity contribution in [3.8, 4) is 0 Å². The SMILES string of the molecule is Cc1cccc(C2=C(c3ccc(CC4CN(CCCF)C4)cc3)c3ccc(C(=O)O)cc3CCC2)c1C(F)F.Cl. The molecule has 0 saturated carbocycles. The molecule has 1 N–H and O–H groups in total. The maximum Gasteiger partial charge on any atom is 0.335 e. The van der Waals surface area contributed by atoms with Crippen LogP contribution in [0.4, 0.5) is 13.2 Å². The Labute approximate surface area is 240 Å². The van der Waals surface area contributed by atoms with Gasteiger partial charge < -0.3 is 10.0 Å². The number of halogens is 4. The van der Waals surface area contributed by atoms with Gasteiger partial charge in [-0.15, -0.1) is 12.4 Å². The van der Waals surface area contributed by atoms with Crippen LogP contribution in [0.3, 0.4) is 0 Å². The van der Waals surface area contributed by atoms with Crippen molar-refractivity contribution in [1.29, 1.82) is 0 Å². The van der Waals surface area contributed by atoms with Gasteiger partial charge >= 0.3 is 5.97 Å². The van der Waals surface area contributed by atoms with E-state index in [0.29, 0.717) is 36.3 Å². The molecule has 0 aromatic heterocycles. The van der Waals surface area contributed by atoms with Crippen molar-refractivity contribution >= 4 is 29.5 Å². The molecule has 1 aliphatic heterocycles. The number of aromatic carboxylic acids is 1. The number of benzene rings is 3. The van der Waals surface area contributed by atoms with Crippen LogP contribution in [0, 0.1) is 12.8 Å². The zero-order valence-electron chi connectivity index (χ0n) is 22.6. The lowest BCUT2D eigenvalue weighted by Gasteiger charge is -2.39. The topological polar surface area (TPSA) is 40.5 Å². The van der Waals surface area contributed by atoms with Gasteiger partial charge in [0.15, 0.2) is 0 Å². The van der Waals surface area contributed by atoms with Crippen LogP contribution >= 0.6 is 12.4 Å². The molecule has 5 rings (SSSR count). The van der Waals surface area contributed by atoms with Crippen molar-refractivity contribution in [3.63, 3.8) is 0 Å². The molecule has 1 fully saturated rings. The highest BCUT2D eigenvalue weighted by molar-refractivity contribution is 6.01. The van der Waals surface area contributed by atoms with Crippen molar-refractivity contribution in [2.24, 2.45) is 5.92 Å². The number of likely N-dealkylation sites (tertiary alicyclic amines) is 1. The quantitative estimate of drug-likeness (QED) is 0.282. The molecule has 1 aliphatic carbocycles. The minimum Gasteiger partial charge on any atom is -0.478 e. The first kappa shape index (κ1) is 29.9. The molecule has 2 aliphatic rings. The van der Waals surface area contributed by atoms with E-state index in [1.807, 2.05) is 12.1 Å². The van der Waals surface area contributed by atoms with Gasteiger partial charge in [0, 0.05) is 25.2 Å². The summed E-state index contributed by atoms with van der Waals surface area (Å²) in [5, 5.41) is 9.57. The van der Waals surface area contributed by atoms with E-state index in [1.54, 1.807) is 31.2 Å². The van der Waals surface area contributed by atoms with E-state index >= 15 is 0 Å². The smallest absolute Gasteiger partial charge is 0.335 e. The Hall–Kier alpha value is -3.09. The third kappa shape index (κ3) is 6.29. The number of carboxylic acids is 1. The Bertz CT molecular complexity index is 1380. The summed E-state index contributed by atoms with van der Waals surface area (Å²) >= 11 is 0. The van der Waals surface area contributed by atoms with Crippen LogP contribution < -0.4 is 0 Å². The number of allylic oxidation sites excluding steroid dienone is 1. The zero-order valence-corrected chi connectivity index (χ0v) is 23.5. The monoisotopic (exact) mass is 569 g/mol. The summed E-state index contributed by atoms with van der Waals surface area (Å²) in [5.41, 5.74) is 7.22. The van der Waals surface area contributed by atoms with E-state index in [2.05, 4.69) is 29.2 Å². The highest BCUT2D eigenvalue weighted by Crippen LogP contribution is 2.43. The second-order valence-corrected chi connectivity index (χ2v) is 10.8. The highest BCUT2D eigenvalue weighted by atomic mass is 35.5. The molecule has 3 aromatic rings. The van der Waals surface area contributed by atoms with Crippen LogP contribution in [-0.2, 0) is 12.8 Å². The Balaban J connectivity index is 0.00000370. The fraction of sp³-hybridized carbons (Fsp3) is 0.364. The van der Waals surface area contributed by atoms with Crippen molar-refractivity contribution in [3.05, 3.63) is 105 Å². The molecule has 0 unspecified atom stereocenters. The Morgan fingerprint density at radius 3 is 2.45 bits per heavy atom. The summed E-state index contributed by atoms with van der Waals surface area (Å²) in [5.74, 6) is -0.422. The van der Waals surface area contributed by atoms with Crippen molar-refractivity contribution in [1.82, 2.24) is 4.90 Å². The lowest BCUT2D eigenvalue weighted by atomic mass is 9.84. The largest absolute Gasteiger partial charge is 0.478 e. The molecule has 0 radical (unpaired) electrons. The van der Waals surface area contributed by atoms with Crippen LogP contribution in [0.15, 0.2) is 60.7 Å². The first-order chi connectivity index (χ1) is 18.9. The average Bonchev–Trinajstić information content (AvgIpc) is 3.09. The number of carboxylic acid groups (broad SMARTS) is 1. The van der Waals surface area contributed by atoms with Gasteiger partial charge in [0.1, 0.15) is 0 Å². The predicted molar refractivity (Wildman–Crippen MR) is 156 cm³/mol. The number of nitrogens with zero attached hydrogens (tertiary/aromatic N) is 1. The van der Waals surface area contributed by atoms with Gasteiger partial charge in [-0.05, 0) is 102 Å². The summed E-state index contributed by atoms with van der Waals surface area (Å²) in [4.78, 5) is 14.0. The molecular weight excluding hydrogens is 535 g/mol. The number of aryl methyl sites for hydroxylation is 2. The van der Waals surface area contributed by atoms with Gasteiger partial charge in [-0.25, -0.2) is 13.6 Å². The molecule has 40 heavy (non-hydrogen) atoms.